The van der Waals surface area contributed by atoms with E-state index in [9.17, 15) is 21.6 Å². The van der Waals surface area contributed by atoms with Crippen LogP contribution in [0.4, 0.5) is 13.2 Å². The molecule has 3 rings (SSSR count). The normalized spacial score (nSPS) is 24.5. The second-order valence-electron chi connectivity index (χ2n) is 7.15. The van der Waals surface area contributed by atoms with Crippen molar-refractivity contribution in [2.45, 2.75) is 62.6 Å². The van der Waals surface area contributed by atoms with Crippen LogP contribution >= 0.6 is 0 Å². The largest absolute Gasteiger partial charge is 0.408 e. The average Bonchev–Trinajstić information content (AvgIpc) is 3.03. The Labute approximate surface area is 146 Å². The van der Waals surface area contributed by atoms with Gasteiger partial charge in [0.25, 0.3) is 0 Å². The standard InChI is InChI=1S/C16H24F3N3O2S/c17-16(18,19)12-21-11-15(9-20-21)25(23,24)22-8-4-7-14(10-22)13-5-2-1-3-6-13/h9,11,13-14H,1-8,10,12H2. The zero-order valence-corrected chi connectivity index (χ0v) is 14.9. The van der Waals surface area contributed by atoms with Gasteiger partial charge in [0, 0.05) is 19.3 Å². The van der Waals surface area contributed by atoms with Crippen molar-refractivity contribution in [3.05, 3.63) is 12.4 Å². The Balaban J connectivity index is 1.71. The van der Waals surface area contributed by atoms with E-state index in [4.69, 9.17) is 0 Å². The Kier molecular flexibility index (Phi) is 5.43. The van der Waals surface area contributed by atoms with E-state index in [0.29, 0.717) is 29.6 Å². The first-order valence-electron chi connectivity index (χ1n) is 8.85. The van der Waals surface area contributed by atoms with Crippen molar-refractivity contribution in [1.29, 1.82) is 0 Å². The molecular formula is C16H24F3N3O2S. The number of rotatable bonds is 4. The number of hydrogen-bond acceptors (Lipinski definition) is 3. The van der Waals surface area contributed by atoms with Crippen molar-refractivity contribution in [2.24, 2.45) is 11.8 Å². The second kappa shape index (κ2) is 7.26. The summed E-state index contributed by atoms with van der Waals surface area (Å²) in [6.45, 7) is -0.388. The van der Waals surface area contributed by atoms with Crippen molar-refractivity contribution in [2.75, 3.05) is 13.1 Å². The first kappa shape index (κ1) is 18.7. The lowest BCUT2D eigenvalue weighted by Crippen LogP contribution is -2.42. The molecule has 1 aliphatic carbocycles. The summed E-state index contributed by atoms with van der Waals surface area (Å²) < 4.78 is 65.0. The monoisotopic (exact) mass is 379 g/mol. The lowest BCUT2D eigenvalue weighted by molar-refractivity contribution is -0.142. The average molecular weight is 379 g/mol. The summed E-state index contributed by atoms with van der Waals surface area (Å²) in [4.78, 5) is -0.152. The molecule has 2 aliphatic rings. The van der Waals surface area contributed by atoms with Gasteiger partial charge in [-0.15, -0.1) is 0 Å². The van der Waals surface area contributed by atoms with Gasteiger partial charge in [-0.3, -0.25) is 4.68 Å². The zero-order chi connectivity index (χ0) is 18.1. The molecule has 1 aromatic rings. The molecule has 1 saturated heterocycles. The molecular weight excluding hydrogens is 355 g/mol. The maximum atomic E-state index is 12.8. The highest BCUT2D eigenvalue weighted by Gasteiger charge is 2.35. The van der Waals surface area contributed by atoms with E-state index in [-0.39, 0.29) is 4.90 Å². The number of halogens is 3. The van der Waals surface area contributed by atoms with E-state index < -0.39 is 22.7 Å². The highest BCUT2D eigenvalue weighted by molar-refractivity contribution is 7.89. The Morgan fingerprint density at radius 3 is 2.44 bits per heavy atom. The Bertz CT molecular complexity index is 681. The van der Waals surface area contributed by atoms with Crippen LogP contribution in [0.25, 0.3) is 0 Å². The molecule has 9 heteroatoms. The fraction of sp³-hybridized carbons (Fsp3) is 0.812. The van der Waals surface area contributed by atoms with Gasteiger partial charge in [0.2, 0.25) is 10.0 Å². The number of piperidine rings is 1. The van der Waals surface area contributed by atoms with E-state index in [1.54, 1.807) is 0 Å². The van der Waals surface area contributed by atoms with E-state index >= 15 is 0 Å². The van der Waals surface area contributed by atoms with Crippen molar-refractivity contribution in [1.82, 2.24) is 14.1 Å². The topological polar surface area (TPSA) is 55.2 Å². The number of aromatic nitrogens is 2. The molecule has 0 radical (unpaired) electrons. The summed E-state index contributed by atoms with van der Waals surface area (Å²) in [6, 6.07) is 0. The van der Waals surface area contributed by atoms with Crippen LogP contribution in [0.3, 0.4) is 0 Å². The SMILES string of the molecule is O=S(=O)(c1cnn(CC(F)(F)F)c1)N1CCCC(C2CCCCC2)C1. The van der Waals surface area contributed by atoms with Crippen LogP contribution in [-0.4, -0.2) is 41.8 Å². The molecule has 1 saturated carbocycles. The first-order valence-corrected chi connectivity index (χ1v) is 10.3. The number of hydrogen-bond donors (Lipinski definition) is 0. The fourth-order valence-corrected chi connectivity index (χ4v) is 5.57. The van der Waals surface area contributed by atoms with Crippen molar-refractivity contribution in [3.8, 4) is 0 Å². The molecule has 1 atom stereocenters. The van der Waals surface area contributed by atoms with Gasteiger partial charge in [0.05, 0.1) is 6.20 Å². The van der Waals surface area contributed by atoms with Crippen LogP contribution in [0.15, 0.2) is 17.3 Å². The highest BCUT2D eigenvalue weighted by Crippen LogP contribution is 2.36. The summed E-state index contributed by atoms with van der Waals surface area (Å²) in [6.07, 6.45) is 5.38. The molecule has 0 bridgehead atoms. The van der Waals surface area contributed by atoms with Crippen molar-refractivity contribution in [3.63, 3.8) is 0 Å². The third-order valence-corrected chi connectivity index (χ3v) is 7.14. The number of sulfonamides is 1. The quantitative estimate of drug-likeness (QED) is 0.805. The van der Waals surface area contributed by atoms with E-state index in [2.05, 4.69) is 5.10 Å². The molecule has 142 valence electrons. The predicted molar refractivity (Wildman–Crippen MR) is 86.3 cm³/mol. The zero-order valence-electron chi connectivity index (χ0n) is 14.1. The van der Waals surface area contributed by atoms with Gasteiger partial charge in [-0.25, -0.2) is 8.42 Å². The van der Waals surface area contributed by atoms with Gasteiger partial charge in [-0.05, 0) is 24.7 Å². The number of nitrogens with zero attached hydrogens (tertiary/aromatic N) is 3. The lowest BCUT2D eigenvalue weighted by atomic mass is 9.77. The number of alkyl halides is 3. The van der Waals surface area contributed by atoms with Crippen LogP contribution in [-0.2, 0) is 16.6 Å². The summed E-state index contributed by atoms with van der Waals surface area (Å²) in [5.74, 6) is 0.925. The molecule has 25 heavy (non-hydrogen) atoms. The maximum Gasteiger partial charge on any atom is 0.408 e. The predicted octanol–water partition coefficient (Wildman–Crippen LogP) is 3.43. The Morgan fingerprint density at radius 2 is 1.76 bits per heavy atom. The van der Waals surface area contributed by atoms with Gasteiger partial charge < -0.3 is 0 Å². The van der Waals surface area contributed by atoms with Gasteiger partial charge in [0.1, 0.15) is 11.4 Å². The lowest BCUT2D eigenvalue weighted by Gasteiger charge is -2.37. The fourth-order valence-electron chi connectivity index (χ4n) is 4.08. The summed E-state index contributed by atoms with van der Waals surface area (Å²) >= 11 is 0. The molecule has 5 nitrogen and oxygen atoms in total. The molecule has 1 aliphatic heterocycles. The van der Waals surface area contributed by atoms with Crippen LogP contribution in [0.5, 0.6) is 0 Å². The van der Waals surface area contributed by atoms with Crippen LogP contribution in [0.1, 0.15) is 44.9 Å². The van der Waals surface area contributed by atoms with Crippen LogP contribution in [0, 0.1) is 11.8 Å². The minimum Gasteiger partial charge on any atom is -0.262 e. The van der Waals surface area contributed by atoms with Gasteiger partial charge in [-0.1, -0.05) is 32.1 Å². The summed E-state index contributed by atoms with van der Waals surface area (Å²) in [5.41, 5.74) is 0. The van der Waals surface area contributed by atoms with Crippen LogP contribution in [0.2, 0.25) is 0 Å². The third kappa shape index (κ3) is 4.55. The molecule has 0 aromatic carbocycles. The molecule has 1 aromatic heterocycles. The molecule has 0 N–H and O–H groups in total. The van der Waals surface area contributed by atoms with Crippen molar-refractivity contribution < 1.29 is 21.6 Å². The van der Waals surface area contributed by atoms with Crippen LogP contribution < -0.4 is 0 Å². The summed E-state index contributed by atoms with van der Waals surface area (Å²) in [5, 5.41) is 3.56. The van der Waals surface area contributed by atoms with E-state index in [1.165, 1.54) is 23.6 Å². The molecule has 0 amide bonds. The third-order valence-electron chi connectivity index (χ3n) is 5.33. The van der Waals surface area contributed by atoms with Gasteiger partial charge in [-0.2, -0.15) is 22.6 Å². The second-order valence-corrected chi connectivity index (χ2v) is 9.09. The minimum absolute atomic E-state index is 0.152. The van der Waals surface area contributed by atoms with Gasteiger partial charge >= 0.3 is 6.18 Å². The highest BCUT2D eigenvalue weighted by atomic mass is 32.2. The summed E-state index contributed by atoms with van der Waals surface area (Å²) in [7, 11) is -3.79. The molecule has 2 heterocycles. The van der Waals surface area contributed by atoms with Gasteiger partial charge in [0.15, 0.2) is 0 Å². The maximum absolute atomic E-state index is 12.8. The van der Waals surface area contributed by atoms with E-state index in [1.807, 2.05) is 0 Å². The smallest absolute Gasteiger partial charge is 0.262 e. The Morgan fingerprint density at radius 1 is 1.08 bits per heavy atom. The Hall–Kier alpha value is -1.09. The molecule has 2 fully saturated rings. The molecule has 1 unspecified atom stereocenters. The first-order chi connectivity index (χ1) is 11.8. The molecule has 0 spiro atoms. The minimum atomic E-state index is -4.43. The van der Waals surface area contributed by atoms with E-state index in [0.717, 1.165) is 38.1 Å². The van der Waals surface area contributed by atoms with Crippen molar-refractivity contribution >= 4 is 10.0 Å².